The minimum Gasteiger partial charge on any atom is -0.370 e. The third kappa shape index (κ3) is 3.57. The van der Waals surface area contributed by atoms with Crippen LogP contribution in [0.3, 0.4) is 0 Å². The number of hydrogen-bond donors (Lipinski definition) is 3. The number of nitrogens with two attached hydrogens (primary N) is 1. The second kappa shape index (κ2) is 4.68. The van der Waals surface area contributed by atoms with Gasteiger partial charge in [0.15, 0.2) is 0 Å². The molecule has 0 saturated heterocycles. The van der Waals surface area contributed by atoms with Crippen molar-refractivity contribution in [3.05, 3.63) is 0 Å². The third-order valence-electron chi connectivity index (χ3n) is 2.52. The SMILES string of the molecule is NC(=O)CCNC(=O)CC1(CS)CC1. The molecule has 0 heterocycles. The first-order valence-electron chi connectivity index (χ1n) is 4.74. The van der Waals surface area contributed by atoms with Crippen LogP contribution in [-0.2, 0) is 9.59 Å². The van der Waals surface area contributed by atoms with Crippen molar-refractivity contribution >= 4 is 24.4 Å². The lowest BCUT2D eigenvalue weighted by Crippen LogP contribution is -2.30. The molecule has 5 heteroatoms. The Bertz CT molecular complexity index is 239. The molecule has 1 rings (SSSR count). The van der Waals surface area contributed by atoms with Crippen LogP contribution in [0.25, 0.3) is 0 Å². The van der Waals surface area contributed by atoms with E-state index in [1.165, 1.54) is 0 Å². The van der Waals surface area contributed by atoms with E-state index >= 15 is 0 Å². The lowest BCUT2D eigenvalue weighted by molar-refractivity contribution is -0.122. The first-order valence-corrected chi connectivity index (χ1v) is 5.37. The number of rotatable bonds is 6. The summed E-state index contributed by atoms with van der Waals surface area (Å²) < 4.78 is 0. The molecular weight excluding hydrogens is 200 g/mol. The predicted molar refractivity (Wildman–Crippen MR) is 57.0 cm³/mol. The van der Waals surface area contributed by atoms with Crippen LogP contribution in [0.15, 0.2) is 0 Å². The number of hydrogen-bond acceptors (Lipinski definition) is 3. The Morgan fingerprint density at radius 1 is 1.43 bits per heavy atom. The topological polar surface area (TPSA) is 72.2 Å². The molecule has 1 aliphatic rings. The molecule has 80 valence electrons. The van der Waals surface area contributed by atoms with Crippen molar-refractivity contribution in [2.75, 3.05) is 12.3 Å². The Balaban J connectivity index is 2.13. The van der Waals surface area contributed by atoms with E-state index in [1.807, 2.05) is 0 Å². The quantitative estimate of drug-likeness (QED) is 0.550. The second-order valence-electron chi connectivity index (χ2n) is 3.90. The highest BCUT2D eigenvalue weighted by Crippen LogP contribution is 2.49. The highest BCUT2D eigenvalue weighted by molar-refractivity contribution is 7.80. The summed E-state index contributed by atoms with van der Waals surface area (Å²) in [5.74, 6) is 0.370. The third-order valence-corrected chi connectivity index (χ3v) is 3.19. The molecule has 0 aromatic heterocycles. The summed E-state index contributed by atoms with van der Waals surface area (Å²) in [7, 11) is 0. The highest BCUT2D eigenvalue weighted by atomic mass is 32.1. The number of carbonyl (C=O) groups excluding carboxylic acids is 2. The van der Waals surface area contributed by atoms with Crippen LogP contribution in [-0.4, -0.2) is 24.1 Å². The molecule has 1 fully saturated rings. The van der Waals surface area contributed by atoms with Gasteiger partial charge in [-0.3, -0.25) is 9.59 Å². The summed E-state index contributed by atoms with van der Waals surface area (Å²) >= 11 is 4.21. The largest absolute Gasteiger partial charge is 0.370 e. The molecule has 0 atom stereocenters. The van der Waals surface area contributed by atoms with E-state index in [1.54, 1.807) is 0 Å². The summed E-state index contributed by atoms with van der Waals surface area (Å²) in [6, 6.07) is 0. The molecule has 0 radical (unpaired) electrons. The van der Waals surface area contributed by atoms with E-state index in [0.29, 0.717) is 13.0 Å². The molecule has 4 nitrogen and oxygen atoms in total. The Morgan fingerprint density at radius 2 is 2.07 bits per heavy atom. The predicted octanol–water partition coefficient (Wildman–Crippen LogP) is 0.0781. The van der Waals surface area contributed by atoms with Crippen molar-refractivity contribution < 1.29 is 9.59 Å². The fraction of sp³-hybridized carbons (Fsp3) is 0.778. The Labute approximate surface area is 89.0 Å². The molecule has 0 bridgehead atoms. The van der Waals surface area contributed by atoms with Crippen molar-refractivity contribution in [3.63, 3.8) is 0 Å². The van der Waals surface area contributed by atoms with Crippen molar-refractivity contribution in [1.82, 2.24) is 5.32 Å². The van der Waals surface area contributed by atoms with Gasteiger partial charge in [-0.25, -0.2) is 0 Å². The maximum absolute atomic E-state index is 11.3. The Kier molecular flexibility index (Phi) is 3.80. The normalized spacial score (nSPS) is 17.5. The summed E-state index contributed by atoms with van der Waals surface area (Å²) in [6.07, 6.45) is 2.90. The standard InChI is InChI=1S/C9H16N2O2S/c10-7(12)1-4-11-8(13)5-9(6-14)2-3-9/h14H,1-6H2,(H2,10,12)(H,11,13). The van der Waals surface area contributed by atoms with Crippen LogP contribution < -0.4 is 11.1 Å². The highest BCUT2D eigenvalue weighted by Gasteiger charge is 2.42. The van der Waals surface area contributed by atoms with Gasteiger partial charge in [0.25, 0.3) is 0 Å². The van der Waals surface area contributed by atoms with Gasteiger partial charge in [-0.1, -0.05) is 0 Å². The first-order chi connectivity index (χ1) is 6.58. The number of primary amides is 1. The number of thiol groups is 1. The van der Waals surface area contributed by atoms with E-state index in [0.717, 1.165) is 18.6 Å². The fourth-order valence-electron chi connectivity index (χ4n) is 1.30. The van der Waals surface area contributed by atoms with Crippen LogP contribution in [0.4, 0.5) is 0 Å². The van der Waals surface area contributed by atoms with E-state index < -0.39 is 0 Å². The number of amides is 2. The van der Waals surface area contributed by atoms with Crippen LogP contribution in [0.1, 0.15) is 25.7 Å². The first kappa shape index (κ1) is 11.4. The average Bonchev–Trinajstić information content (AvgIpc) is 2.85. The molecule has 0 aliphatic heterocycles. The molecule has 14 heavy (non-hydrogen) atoms. The smallest absolute Gasteiger partial charge is 0.220 e. The van der Waals surface area contributed by atoms with Gasteiger partial charge < -0.3 is 11.1 Å². The van der Waals surface area contributed by atoms with E-state index in [4.69, 9.17) is 5.73 Å². The summed E-state index contributed by atoms with van der Waals surface area (Å²) in [5.41, 5.74) is 5.08. The van der Waals surface area contributed by atoms with Crippen molar-refractivity contribution in [2.24, 2.45) is 11.1 Å². The lowest BCUT2D eigenvalue weighted by Gasteiger charge is -2.10. The van der Waals surface area contributed by atoms with Crippen LogP contribution in [0.2, 0.25) is 0 Å². The zero-order valence-corrected chi connectivity index (χ0v) is 8.98. The van der Waals surface area contributed by atoms with Crippen molar-refractivity contribution in [2.45, 2.75) is 25.7 Å². The Hall–Kier alpha value is -0.710. The van der Waals surface area contributed by atoms with E-state index in [9.17, 15) is 9.59 Å². The van der Waals surface area contributed by atoms with E-state index in [2.05, 4.69) is 17.9 Å². The molecule has 1 aliphatic carbocycles. The molecule has 1 saturated carbocycles. The molecule has 2 amide bonds. The van der Waals surface area contributed by atoms with Gasteiger partial charge >= 0.3 is 0 Å². The lowest BCUT2D eigenvalue weighted by atomic mass is 10.1. The molecule has 0 unspecified atom stereocenters. The van der Waals surface area contributed by atoms with Crippen LogP contribution >= 0.6 is 12.6 Å². The van der Waals surface area contributed by atoms with Gasteiger partial charge in [0.1, 0.15) is 0 Å². The van der Waals surface area contributed by atoms with Crippen LogP contribution in [0.5, 0.6) is 0 Å². The Morgan fingerprint density at radius 3 is 2.50 bits per heavy atom. The summed E-state index contributed by atoms with van der Waals surface area (Å²) in [4.78, 5) is 21.7. The van der Waals surface area contributed by atoms with Gasteiger partial charge in [-0.2, -0.15) is 12.6 Å². The maximum Gasteiger partial charge on any atom is 0.220 e. The number of nitrogens with one attached hydrogen (secondary N) is 1. The van der Waals surface area contributed by atoms with E-state index in [-0.39, 0.29) is 23.7 Å². The average molecular weight is 216 g/mol. The van der Waals surface area contributed by atoms with Crippen molar-refractivity contribution in [1.29, 1.82) is 0 Å². The second-order valence-corrected chi connectivity index (χ2v) is 4.22. The fourth-order valence-corrected chi connectivity index (χ4v) is 1.72. The zero-order chi connectivity index (χ0) is 10.6. The number of carbonyl (C=O) groups is 2. The monoisotopic (exact) mass is 216 g/mol. The minimum atomic E-state index is -0.388. The maximum atomic E-state index is 11.3. The molecular formula is C9H16N2O2S. The van der Waals surface area contributed by atoms with Gasteiger partial charge in [0.05, 0.1) is 0 Å². The molecule has 0 aromatic carbocycles. The molecule has 0 aromatic rings. The van der Waals surface area contributed by atoms with Crippen LogP contribution in [0, 0.1) is 5.41 Å². The molecule has 3 N–H and O–H groups in total. The van der Waals surface area contributed by atoms with Gasteiger partial charge in [0, 0.05) is 19.4 Å². The summed E-state index contributed by atoms with van der Waals surface area (Å²) in [5, 5.41) is 2.67. The van der Waals surface area contributed by atoms with Crippen molar-refractivity contribution in [3.8, 4) is 0 Å². The molecule has 0 spiro atoms. The van der Waals surface area contributed by atoms with Gasteiger partial charge in [-0.05, 0) is 24.0 Å². The minimum absolute atomic E-state index is 0.00204. The summed E-state index contributed by atoms with van der Waals surface area (Å²) in [6.45, 7) is 0.344. The zero-order valence-electron chi connectivity index (χ0n) is 8.08. The van der Waals surface area contributed by atoms with Gasteiger partial charge in [-0.15, -0.1) is 0 Å². The van der Waals surface area contributed by atoms with Gasteiger partial charge in [0.2, 0.25) is 11.8 Å².